The molecule has 0 unspecified atom stereocenters. The SMILES string of the molecule is C=CCn1c(Sc2ccc3nnc(C(F)F)n3n2)nnc1-c1cccc(C)c1. The molecule has 4 rings (SSSR count). The van der Waals surface area contributed by atoms with Gasteiger partial charge in [0, 0.05) is 12.1 Å². The lowest BCUT2D eigenvalue weighted by Crippen LogP contribution is -2.02. The van der Waals surface area contributed by atoms with Crippen LogP contribution in [0.3, 0.4) is 0 Å². The highest BCUT2D eigenvalue weighted by atomic mass is 32.2. The predicted molar refractivity (Wildman–Crippen MR) is 100 cm³/mol. The van der Waals surface area contributed by atoms with E-state index in [1.54, 1.807) is 18.2 Å². The largest absolute Gasteiger partial charge is 0.299 e. The van der Waals surface area contributed by atoms with Gasteiger partial charge in [0.2, 0.25) is 5.82 Å². The Kier molecular flexibility index (Phi) is 4.86. The fraction of sp³-hybridized carbons (Fsp3) is 0.167. The van der Waals surface area contributed by atoms with Crippen molar-refractivity contribution >= 4 is 17.4 Å². The first-order valence-electron chi connectivity index (χ1n) is 8.36. The summed E-state index contributed by atoms with van der Waals surface area (Å²) in [4.78, 5) is 0. The van der Waals surface area contributed by atoms with Crippen LogP contribution in [0.25, 0.3) is 17.0 Å². The molecule has 0 N–H and O–H groups in total. The minimum absolute atomic E-state index is 0.257. The molecule has 0 bridgehead atoms. The number of aromatic nitrogens is 7. The number of halogens is 2. The van der Waals surface area contributed by atoms with Crippen LogP contribution in [0.15, 0.2) is 59.2 Å². The molecule has 142 valence electrons. The average Bonchev–Trinajstić information content (AvgIpc) is 3.26. The molecule has 0 saturated carbocycles. The summed E-state index contributed by atoms with van der Waals surface area (Å²) >= 11 is 1.22. The van der Waals surface area contributed by atoms with Gasteiger partial charge in [0.05, 0.1) is 0 Å². The van der Waals surface area contributed by atoms with E-state index in [2.05, 4.69) is 32.1 Å². The Morgan fingerprint density at radius 1 is 1.14 bits per heavy atom. The molecule has 0 aliphatic carbocycles. The second-order valence-corrected chi connectivity index (χ2v) is 6.97. The molecule has 0 fully saturated rings. The molecule has 28 heavy (non-hydrogen) atoms. The Morgan fingerprint density at radius 2 is 2.00 bits per heavy atom. The highest BCUT2D eigenvalue weighted by Crippen LogP contribution is 2.29. The maximum Gasteiger partial charge on any atom is 0.299 e. The van der Waals surface area contributed by atoms with E-state index in [0.717, 1.165) is 15.6 Å². The fourth-order valence-electron chi connectivity index (χ4n) is 2.73. The molecule has 0 aliphatic rings. The van der Waals surface area contributed by atoms with Gasteiger partial charge >= 0.3 is 0 Å². The minimum Gasteiger partial charge on any atom is -0.298 e. The lowest BCUT2D eigenvalue weighted by atomic mass is 10.1. The Balaban J connectivity index is 1.73. The predicted octanol–water partition coefficient (Wildman–Crippen LogP) is 3.97. The van der Waals surface area contributed by atoms with Crippen LogP contribution in [-0.4, -0.2) is 34.6 Å². The molecule has 0 saturated heterocycles. The van der Waals surface area contributed by atoms with E-state index >= 15 is 0 Å². The molecule has 3 heterocycles. The number of allylic oxidation sites excluding steroid dienone is 1. The van der Waals surface area contributed by atoms with Gasteiger partial charge in [-0.25, -0.2) is 8.78 Å². The maximum atomic E-state index is 13.1. The van der Waals surface area contributed by atoms with Crippen LogP contribution >= 0.6 is 11.8 Å². The number of benzene rings is 1. The summed E-state index contributed by atoms with van der Waals surface area (Å²) in [5, 5.41) is 21.0. The van der Waals surface area contributed by atoms with Gasteiger partial charge in [0.1, 0.15) is 5.03 Å². The number of hydrogen-bond donors (Lipinski definition) is 0. The molecule has 4 aromatic rings. The average molecular weight is 399 g/mol. The van der Waals surface area contributed by atoms with E-state index in [9.17, 15) is 8.78 Å². The van der Waals surface area contributed by atoms with Gasteiger partial charge in [-0.05, 0) is 36.9 Å². The van der Waals surface area contributed by atoms with E-state index < -0.39 is 12.2 Å². The second-order valence-electron chi connectivity index (χ2n) is 5.98. The lowest BCUT2D eigenvalue weighted by Gasteiger charge is -2.08. The van der Waals surface area contributed by atoms with Crippen LogP contribution in [0, 0.1) is 6.92 Å². The number of nitrogens with zero attached hydrogens (tertiary/aromatic N) is 7. The van der Waals surface area contributed by atoms with Crippen molar-refractivity contribution in [2.24, 2.45) is 0 Å². The van der Waals surface area contributed by atoms with Gasteiger partial charge in [-0.2, -0.15) is 9.61 Å². The topological polar surface area (TPSA) is 73.8 Å². The first-order valence-corrected chi connectivity index (χ1v) is 9.18. The van der Waals surface area contributed by atoms with Crippen molar-refractivity contribution in [1.29, 1.82) is 0 Å². The number of alkyl halides is 2. The summed E-state index contributed by atoms with van der Waals surface area (Å²) in [6.45, 7) is 6.30. The standard InChI is InChI=1S/C18H15F2N7S/c1-3-9-26-16(12-6-4-5-11(2)10-12)22-24-18(26)28-14-8-7-13-21-23-17(15(19)20)27(13)25-14/h3-8,10,15H,1,9H2,2H3. The molecule has 10 heteroatoms. The summed E-state index contributed by atoms with van der Waals surface area (Å²) in [7, 11) is 0. The highest BCUT2D eigenvalue weighted by molar-refractivity contribution is 7.99. The normalized spacial score (nSPS) is 11.4. The first-order chi connectivity index (χ1) is 13.6. The van der Waals surface area contributed by atoms with Crippen molar-refractivity contribution in [2.75, 3.05) is 0 Å². The van der Waals surface area contributed by atoms with E-state index in [1.165, 1.54) is 11.8 Å². The third kappa shape index (κ3) is 3.38. The number of aryl methyl sites for hydroxylation is 1. The third-order valence-corrected chi connectivity index (χ3v) is 4.87. The monoisotopic (exact) mass is 399 g/mol. The van der Waals surface area contributed by atoms with Crippen LogP contribution in [0.1, 0.15) is 17.8 Å². The summed E-state index contributed by atoms with van der Waals surface area (Å²) in [5.41, 5.74) is 2.30. The molecular formula is C18H15F2N7S. The Bertz CT molecular complexity index is 1150. The summed E-state index contributed by atoms with van der Waals surface area (Å²) in [6.07, 6.45) is -1.02. The van der Waals surface area contributed by atoms with Crippen LogP contribution in [0.5, 0.6) is 0 Å². The highest BCUT2D eigenvalue weighted by Gasteiger charge is 2.19. The van der Waals surface area contributed by atoms with E-state index in [1.807, 2.05) is 35.8 Å². The number of fused-ring (bicyclic) bond motifs is 1. The second kappa shape index (κ2) is 7.47. The van der Waals surface area contributed by atoms with Crippen molar-refractivity contribution in [3.63, 3.8) is 0 Å². The smallest absolute Gasteiger partial charge is 0.298 e. The van der Waals surface area contributed by atoms with Gasteiger partial charge in [-0.15, -0.1) is 27.0 Å². The Morgan fingerprint density at radius 3 is 2.75 bits per heavy atom. The molecule has 0 atom stereocenters. The molecule has 3 aromatic heterocycles. The lowest BCUT2D eigenvalue weighted by molar-refractivity contribution is 0.137. The van der Waals surface area contributed by atoms with Crippen molar-refractivity contribution in [2.45, 2.75) is 30.1 Å². The third-order valence-electron chi connectivity index (χ3n) is 3.96. The van der Waals surface area contributed by atoms with Crippen molar-refractivity contribution in [1.82, 2.24) is 34.6 Å². The van der Waals surface area contributed by atoms with Crippen LogP contribution < -0.4 is 0 Å². The fourth-order valence-corrected chi connectivity index (χ4v) is 3.53. The van der Waals surface area contributed by atoms with E-state index in [0.29, 0.717) is 22.6 Å². The van der Waals surface area contributed by atoms with Crippen LogP contribution in [0.2, 0.25) is 0 Å². The molecular weight excluding hydrogens is 384 g/mol. The quantitative estimate of drug-likeness (QED) is 0.457. The number of rotatable bonds is 6. The van der Waals surface area contributed by atoms with Gasteiger partial charge in [-0.1, -0.05) is 29.8 Å². The Labute approximate surface area is 163 Å². The zero-order valence-electron chi connectivity index (χ0n) is 14.8. The van der Waals surface area contributed by atoms with E-state index in [4.69, 9.17) is 0 Å². The van der Waals surface area contributed by atoms with E-state index in [-0.39, 0.29) is 5.65 Å². The summed E-state index contributed by atoms with van der Waals surface area (Å²) < 4.78 is 29.1. The summed E-state index contributed by atoms with van der Waals surface area (Å²) in [6, 6.07) is 11.2. The molecule has 0 spiro atoms. The maximum absolute atomic E-state index is 13.1. The zero-order valence-corrected chi connectivity index (χ0v) is 15.6. The molecule has 0 amide bonds. The Hall–Kier alpha value is -3.14. The van der Waals surface area contributed by atoms with Crippen LogP contribution in [-0.2, 0) is 6.54 Å². The van der Waals surface area contributed by atoms with Crippen LogP contribution in [0.4, 0.5) is 8.78 Å². The molecule has 0 aliphatic heterocycles. The molecule has 7 nitrogen and oxygen atoms in total. The molecule has 1 aromatic carbocycles. The van der Waals surface area contributed by atoms with Crippen molar-refractivity contribution in [3.05, 3.63) is 60.4 Å². The van der Waals surface area contributed by atoms with Crippen molar-refractivity contribution in [3.8, 4) is 11.4 Å². The molecule has 0 radical (unpaired) electrons. The van der Waals surface area contributed by atoms with Gasteiger partial charge in [0.15, 0.2) is 16.6 Å². The van der Waals surface area contributed by atoms with Gasteiger partial charge < -0.3 is 0 Å². The zero-order chi connectivity index (χ0) is 19.7. The number of hydrogen-bond acceptors (Lipinski definition) is 6. The first kappa shape index (κ1) is 18.2. The van der Waals surface area contributed by atoms with Gasteiger partial charge in [-0.3, -0.25) is 4.57 Å². The van der Waals surface area contributed by atoms with Gasteiger partial charge in [0.25, 0.3) is 6.43 Å². The minimum atomic E-state index is -2.76. The summed E-state index contributed by atoms with van der Waals surface area (Å²) in [5.74, 6) is 0.204. The van der Waals surface area contributed by atoms with Crippen molar-refractivity contribution < 1.29 is 8.78 Å².